The van der Waals surface area contributed by atoms with Crippen molar-refractivity contribution in [2.45, 2.75) is 0 Å². The van der Waals surface area contributed by atoms with Crippen molar-refractivity contribution >= 4 is 23.1 Å². The molecule has 0 saturated carbocycles. The van der Waals surface area contributed by atoms with Gasteiger partial charge in [0.05, 0.1) is 0 Å². The molecule has 2 radical (unpaired) electrons. The maximum atomic E-state index is 0. The molecular weight excluding hydrogens is 224 g/mol. The molecular formula is H2CuMgMnOZn. The van der Waals surface area contributed by atoms with Crippen molar-refractivity contribution in [3.8, 4) is 0 Å². The topological polar surface area (TPSA) is 28.5 Å². The largest absolute Gasteiger partial charge is 2.00 e. The van der Waals surface area contributed by atoms with Gasteiger partial charge < -0.3 is 5.48 Å². The van der Waals surface area contributed by atoms with Gasteiger partial charge in [0.2, 0.25) is 0 Å². The van der Waals surface area contributed by atoms with Crippen LogP contribution in [0.2, 0.25) is 0 Å². The molecule has 1 nitrogen and oxygen atoms in total. The van der Waals surface area contributed by atoms with Gasteiger partial charge in [-0.1, -0.05) is 0 Å². The SMILES string of the molecule is [Cu].[MgH2].[Mn+2].[O-2].[Zn]. The molecule has 0 heterocycles. The third-order valence-electron chi connectivity index (χ3n) is 0. The fraction of sp³-hybridized carbons (Fsp3) is 0. The maximum Gasteiger partial charge on any atom is 2.00 e. The second kappa shape index (κ2) is 32.5. The predicted octanol–water partition coefficient (Wildman–Crippen LogP) is -1.04. The minimum absolute atomic E-state index is 0. The van der Waals surface area contributed by atoms with E-state index in [2.05, 4.69) is 0 Å². The third kappa shape index (κ3) is 21.6. The van der Waals surface area contributed by atoms with Gasteiger partial charge in [-0.25, -0.2) is 0 Å². The van der Waals surface area contributed by atoms with Gasteiger partial charge in [0.15, 0.2) is 0 Å². The molecule has 0 atom stereocenters. The zero-order chi connectivity index (χ0) is 0. The van der Waals surface area contributed by atoms with Crippen LogP contribution in [0, 0.1) is 0 Å². The third-order valence-corrected chi connectivity index (χ3v) is 0. The molecule has 0 rings (SSSR count). The van der Waals surface area contributed by atoms with Crippen LogP contribution in [0.3, 0.4) is 0 Å². The first kappa shape index (κ1) is 52.9. The quantitative estimate of drug-likeness (QED) is 0.472. The smallest absolute Gasteiger partial charge is 2.00 e. The van der Waals surface area contributed by atoms with Gasteiger partial charge >= 0.3 is 40.1 Å². The Bertz CT molecular complexity index is 11.6. The second-order valence-corrected chi connectivity index (χ2v) is 0. The van der Waals surface area contributed by atoms with E-state index in [0.29, 0.717) is 0 Å². The van der Waals surface area contributed by atoms with Crippen molar-refractivity contribution in [2.24, 2.45) is 0 Å². The summed E-state index contributed by atoms with van der Waals surface area (Å²) in [5.74, 6) is 0. The Labute approximate surface area is 81.2 Å². The van der Waals surface area contributed by atoms with Crippen molar-refractivity contribution in [1.82, 2.24) is 0 Å². The summed E-state index contributed by atoms with van der Waals surface area (Å²) in [6.07, 6.45) is 0. The van der Waals surface area contributed by atoms with Crippen LogP contribution in [0.25, 0.3) is 0 Å². The summed E-state index contributed by atoms with van der Waals surface area (Å²) in [5, 5.41) is 0. The molecule has 30 valence electrons. The Morgan fingerprint density at radius 1 is 1.00 bits per heavy atom. The molecule has 0 aliphatic heterocycles. The Morgan fingerprint density at radius 3 is 1.00 bits per heavy atom. The maximum absolute atomic E-state index is 0. The Kier molecular flexibility index (Phi) is 344. The van der Waals surface area contributed by atoms with E-state index in [1.54, 1.807) is 0 Å². The summed E-state index contributed by atoms with van der Waals surface area (Å²) < 4.78 is 0. The first-order valence-electron chi connectivity index (χ1n) is 0. The van der Waals surface area contributed by atoms with Crippen molar-refractivity contribution in [2.75, 3.05) is 0 Å². The number of hydrogen-bond acceptors (Lipinski definition) is 0. The molecule has 0 aromatic carbocycles. The summed E-state index contributed by atoms with van der Waals surface area (Å²) in [7, 11) is 0. The van der Waals surface area contributed by atoms with Crippen LogP contribution in [-0.2, 0) is 59.1 Å². The van der Waals surface area contributed by atoms with E-state index in [0.717, 1.165) is 0 Å². The average molecular weight is 226 g/mol. The van der Waals surface area contributed by atoms with Crippen LogP contribution in [0.4, 0.5) is 0 Å². The first-order valence-corrected chi connectivity index (χ1v) is 0. The van der Waals surface area contributed by atoms with Crippen LogP contribution >= 0.6 is 0 Å². The Hall–Kier alpha value is 2.39. The van der Waals surface area contributed by atoms with Crippen molar-refractivity contribution in [1.29, 1.82) is 0 Å². The van der Waals surface area contributed by atoms with Gasteiger partial charge in [-0.3, -0.25) is 0 Å². The van der Waals surface area contributed by atoms with Crippen LogP contribution in [-0.4, -0.2) is 23.1 Å². The van der Waals surface area contributed by atoms with Crippen molar-refractivity contribution in [3.63, 3.8) is 0 Å². The van der Waals surface area contributed by atoms with E-state index in [9.17, 15) is 0 Å². The molecule has 0 aliphatic carbocycles. The molecule has 0 aromatic heterocycles. The van der Waals surface area contributed by atoms with Gasteiger partial charge in [0.1, 0.15) is 0 Å². The Balaban J connectivity index is 0. The zero-order valence-corrected chi connectivity index (χ0v) is 6.88. The first-order chi connectivity index (χ1) is 0. The Morgan fingerprint density at radius 2 is 1.00 bits per heavy atom. The summed E-state index contributed by atoms with van der Waals surface area (Å²) in [5.41, 5.74) is 0. The van der Waals surface area contributed by atoms with Gasteiger partial charge in [-0.2, -0.15) is 0 Å². The zero-order valence-electron chi connectivity index (χ0n) is 1.79. The minimum Gasteiger partial charge on any atom is -2.00 e. The van der Waals surface area contributed by atoms with Crippen molar-refractivity contribution in [3.05, 3.63) is 0 Å². The minimum atomic E-state index is 0. The van der Waals surface area contributed by atoms with Crippen LogP contribution in [0.1, 0.15) is 0 Å². The summed E-state index contributed by atoms with van der Waals surface area (Å²) in [4.78, 5) is 0. The molecule has 0 unspecified atom stereocenters. The fourth-order valence-corrected chi connectivity index (χ4v) is 0. The van der Waals surface area contributed by atoms with Gasteiger partial charge in [-0.05, 0) is 0 Å². The van der Waals surface area contributed by atoms with E-state index in [4.69, 9.17) is 0 Å². The molecule has 5 heavy (non-hydrogen) atoms. The van der Waals surface area contributed by atoms with Gasteiger partial charge in [0, 0.05) is 36.5 Å². The molecule has 0 fully saturated rings. The summed E-state index contributed by atoms with van der Waals surface area (Å²) in [6.45, 7) is 0. The molecule has 0 aromatic rings. The fourth-order valence-electron chi connectivity index (χ4n) is 0. The molecule has 0 amide bonds. The molecule has 0 aliphatic rings. The van der Waals surface area contributed by atoms with Crippen molar-refractivity contribution < 1.29 is 59.1 Å². The summed E-state index contributed by atoms with van der Waals surface area (Å²) in [6, 6.07) is 0. The van der Waals surface area contributed by atoms with Crippen LogP contribution < -0.4 is 0 Å². The van der Waals surface area contributed by atoms with E-state index in [-0.39, 0.29) is 82.1 Å². The molecule has 0 bridgehead atoms. The van der Waals surface area contributed by atoms with E-state index >= 15 is 0 Å². The number of rotatable bonds is 0. The normalized spacial score (nSPS) is 0. The average Bonchev–Trinajstić information content (AvgIpc) is 0. The van der Waals surface area contributed by atoms with Gasteiger partial charge in [0.25, 0.3) is 0 Å². The molecule has 0 saturated heterocycles. The summed E-state index contributed by atoms with van der Waals surface area (Å²) >= 11 is 0. The molecule has 5 heteroatoms. The van der Waals surface area contributed by atoms with E-state index in [1.807, 2.05) is 0 Å². The second-order valence-electron chi connectivity index (χ2n) is 0. The monoisotopic (exact) mass is 224 g/mol. The standard InChI is InChI=1S/Cu.Mg.Mn.O.Zn.2H/q;;+2;-2;;;. The van der Waals surface area contributed by atoms with E-state index in [1.165, 1.54) is 0 Å². The van der Waals surface area contributed by atoms with E-state index < -0.39 is 0 Å². The van der Waals surface area contributed by atoms with Crippen LogP contribution in [0.15, 0.2) is 0 Å². The molecule has 0 N–H and O–H groups in total. The predicted molar refractivity (Wildman–Crippen MR) is 9.23 cm³/mol. The van der Waals surface area contributed by atoms with Gasteiger partial charge in [-0.15, -0.1) is 0 Å². The number of hydrogen-bond donors (Lipinski definition) is 0. The molecule has 0 spiro atoms. The van der Waals surface area contributed by atoms with Crippen LogP contribution in [0.5, 0.6) is 0 Å².